The maximum atomic E-state index is 12.5. The minimum atomic E-state index is 0.0261. The van der Waals surface area contributed by atoms with Crippen molar-refractivity contribution in [3.05, 3.63) is 30.6 Å². The minimum absolute atomic E-state index is 0.0261. The molecule has 2 aromatic heterocycles. The number of nitrogens with one attached hydrogen (secondary N) is 1. The number of thioether (sulfide) groups is 1. The standard InChI is InChI=1S/C20H26N4O2S/c1-14(2)23-19(26)15-6-11-24(12-7-15)18(25)8-13-27-20-16-4-3-9-21-17(16)5-10-22-20/h3-5,9-10,14-15H,6-8,11-13H2,1-2H3,(H,23,26). The first-order chi connectivity index (χ1) is 13.0. The van der Waals surface area contributed by atoms with Crippen LogP contribution in [0.2, 0.25) is 0 Å². The van der Waals surface area contributed by atoms with Crippen molar-refractivity contribution in [1.82, 2.24) is 20.2 Å². The average molecular weight is 387 g/mol. The van der Waals surface area contributed by atoms with Gasteiger partial charge < -0.3 is 10.2 Å². The summed E-state index contributed by atoms with van der Waals surface area (Å²) in [5, 5.41) is 4.90. The summed E-state index contributed by atoms with van der Waals surface area (Å²) in [5.41, 5.74) is 0.920. The Morgan fingerprint density at radius 1 is 1.22 bits per heavy atom. The van der Waals surface area contributed by atoms with Crippen LogP contribution in [0.1, 0.15) is 33.1 Å². The normalized spacial score (nSPS) is 15.3. The molecule has 0 atom stereocenters. The third kappa shape index (κ3) is 5.19. The Hall–Kier alpha value is -2.15. The Bertz CT molecular complexity index is 798. The first-order valence-electron chi connectivity index (χ1n) is 9.45. The molecule has 2 amide bonds. The molecule has 0 spiro atoms. The van der Waals surface area contributed by atoms with Crippen LogP contribution in [0.4, 0.5) is 0 Å². The van der Waals surface area contributed by atoms with Gasteiger partial charge >= 0.3 is 0 Å². The van der Waals surface area contributed by atoms with Gasteiger partial charge in [-0.2, -0.15) is 0 Å². The Kier molecular flexibility index (Phi) is 6.66. The van der Waals surface area contributed by atoms with Crippen LogP contribution in [-0.4, -0.2) is 51.6 Å². The molecule has 0 aliphatic carbocycles. The lowest BCUT2D eigenvalue weighted by atomic mass is 9.95. The van der Waals surface area contributed by atoms with Crippen molar-refractivity contribution in [3.63, 3.8) is 0 Å². The second-order valence-corrected chi connectivity index (χ2v) is 8.19. The number of amides is 2. The summed E-state index contributed by atoms with van der Waals surface area (Å²) in [5.74, 6) is 0.984. The van der Waals surface area contributed by atoms with E-state index in [4.69, 9.17) is 0 Å². The van der Waals surface area contributed by atoms with Crippen LogP contribution in [0.15, 0.2) is 35.6 Å². The predicted molar refractivity (Wildman–Crippen MR) is 107 cm³/mol. The van der Waals surface area contributed by atoms with Crippen LogP contribution >= 0.6 is 11.8 Å². The number of pyridine rings is 2. The van der Waals surface area contributed by atoms with E-state index < -0.39 is 0 Å². The molecular formula is C20H26N4O2S. The number of nitrogens with zero attached hydrogens (tertiary/aromatic N) is 3. The van der Waals surface area contributed by atoms with E-state index >= 15 is 0 Å². The summed E-state index contributed by atoms with van der Waals surface area (Å²) in [6.45, 7) is 5.26. The van der Waals surface area contributed by atoms with Crippen molar-refractivity contribution in [2.24, 2.45) is 5.92 Å². The van der Waals surface area contributed by atoms with E-state index in [0.29, 0.717) is 25.3 Å². The first kappa shape index (κ1) is 19.6. The van der Waals surface area contributed by atoms with Gasteiger partial charge in [-0.25, -0.2) is 4.98 Å². The van der Waals surface area contributed by atoms with Gasteiger partial charge in [0.1, 0.15) is 5.03 Å². The molecule has 6 nitrogen and oxygen atoms in total. The van der Waals surface area contributed by atoms with Gasteiger partial charge in [0.2, 0.25) is 11.8 Å². The summed E-state index contributed by atoms with van der Waals surface area (Å²) in [6, 6.07) is 5.96. The highest BCUT2D eigenvalue weighted by molar-refractivity contribution is 7.99. The SMILES string of the molecule is CC(C)NC(=O)C1CCN(C(=O)CCSc2nccc3ncccc23)CC1. The molecule has 7 heteroatoms. The molecule has 0 bridgehead atoms. The van der Waals surface area contributed by atoms with Gasteiger partial charge in [0.25, 0.3) is 0 Å². The molecule has 0 aromatic carbocycles. The molecule has 1 fully saturated rings. The number of carbonyl (C=O) groups excluding carboxylic acids is 2. The minimum Gasteiger partial charge on any atom is -0.354 e. The molecule has 3 heterocycles. The lowest BCUT2D eigenvalue weighted by Gasteiger charge is -2.31. The van der Waals surface area contributed by atoms with Crippen LogP contribution in [-0.2, 0) is 9.59 Å². The molecule has 0 radical (unpaired) electrons. The van der Waals surface area contributed by atoms with Crippen LogP contribution < -0.4 is 5.32 Å². The Morgan fingerprint density at radius 3 is 2.74 bits per heavy atom. The third-order valence-corrected chi connectivity index (χ3v) is 5.70. The molecule has 1 N–H and O–H groups in total. The fourth-order valence-corrected chi connectivity index (χ4v) is 4.21. The zero-order valence-electron chi connectivity index (χ0n) is 15.9. The molecule has 3 rings (SSSR count). The average Bonchev–Trinajstić information content (AvgIpc) is 2.67. The number of rotatable bonds is 6. The molecule has 27 heavy (non-hydrogen) atoms. The van der Waals surface area contributed by atoms with Gasteiger partial charge in [0.05, 0.1) is 5.52 Å². The second kappa shape index (κ2) is 9.17. The largest absolute Gasteiger partial charge is 0.354 e. The Morgan fingerprint density at radius 2 is 2.00 bits per heavy atom. The highest BCUT2D eigenvalue weighted by Crippen LogP contribution is 2.25. The van der Waals surface area contributed by atoms with Crippen molar-refractivity contribution in [1.29, 1.82) is 0 Å². The van der Waals surface area contributed by atoms with Gasteiger partial charge in [-0.1, -0.05) is 0 Å². The molecule has 0 unspecified atom stereocenters. The van der Waals surface area contributed by atoms with Crippen molar-refractivity contribution in [2.45, 2.75) is 44.2 Å². The number of hydrogen-bond donors (Lipinski definition) is 1. The predicted octanol–water partition coefficient (Wildman–Crippen LogP) is 2.88. The topological polar surface area (TPSA) is 75.2 Å². The summed E-state index contributed by atoms with van der Waals surface area (Å²) >= 11 is 1.59. The van der Waals surface area contributed by atoms with E-state index in [1.54, 1.807) is 24.2 Å². The highest BCUT2D eigenvalue weighted by Gasteiger charge is 2.27. The lowest BCUT2D eigenvalue weighted by Crippen LogP contribution is -2.44. The molecule has 144 valence electrons. The van der Waals surface area contributed by atoms with E-state index in [-0.39, 0.29) is 23.8 Å². The van der Waals surface area contributed by atoms with Crippen molar-refractivity contribution < 1.29 is 9.59 Å². The lowest BCUT2D eigenvalue weighted by molar-refractivity contribution is -0.135. The van der Waals surface area contributed by atoms with Crippen LogP contribution in [0.3, 0.4) is 0 Å². The quantitative estimate of drug-likeness (QED) is 0.773. The van der Waals surface area contributed by atoms with Crippen molar-refractivity contribution in [2.75, 3.05) is 18.8 Å². The van der Waals surface area contributed by atoms with Crippen LogP contribution in [0.5, 0.6) is 0 Å². The summed E-state index contributed by atoms with van der Waals surface area (Å²) in [6.07, 6.45) is 5.49. The van der Waals surface area contributed by atoms with Crippen LogP contribution in [0.25, 0.3) is 10.9 Å². The molecule has 0 saturated carbocycles. The number of carbonyl (C=O) groups is 2. The zero-order chi connectivity index (χ0) is 19.2. The molecule has 1 aliphatic rings. The van der Waals surface area contributed by atoms with E-state index in [1.165, 1.54) is 0 Å². The summed E-state index contributed by atoms with van der Waals surface area (Å²) in [4.78, 5) is 35.2. The van der Waals surface area contributed by atoms with Crippen molar-refractivity contribution >= 4 is 34.5 Å². The number of fused-ring (bicyclic) bond motifs is 1. The Balaban J connectivity index is 1.46. The molecular weight excluding hydrogens is 360 g/mol. The van der Waals surface area contributed by atoms with Gasteiger partial charge in [-0.05, 0) is 44.9 Å². The number of likely N-dealkylation sites (tertiary alicyclic amines) is 1. The van der Waals surface area contributed by atoms with Gasteiger partial charge in [-0.3, -0.25) is 14.6 Å². The zero-order valence-corrected chi connectivity index (χ0v) is 16.7. The monoisotopic (exact) mass is 386 g/mol. The first-order valence-corrected chi connectivity index (χ1v) is 10.4. The van der Waals surface area contributed by atoms with E-state index in [1.807, 2.05) is 36.9 Å². The molecule has 2 aromatic rings. The number of aromatic nitrogens is 2. The number of hydrogen-bond acceptors (Lipinski definition) is 5. The third-order valence-electron chi connectivity index (χ3n) is 4.70. The van der Waals surface area contributed by atoms with Gasteiger partial charge in [0, 0.05) is 55.0 Å². The maximum absolute atomic E-state index is 12.5. The van der Waals surface area contributed by atoms with E-state index in [9.17, 15) is 9.59 Å². The van der Waals surface area contributed by atoms with E-state index in [0.717, 1.165) is 28.8 Å². The second-order valence-electron chi connectivity index (χ2n) is 7.10. The van der Waals surface area contributed by atoms with Crippen LogP contribution in [0, 0.1) is 5.92 Å². The van der Waals surface area contributed by atoms with E-state index in [2.05, 4.69) is 15.3 Å². The highest BCUT2D eigenvalue weighted by atomic mass is 32.2. The number of piperidine rings is 1. The van der Waals surface area contributed by atoms with Crippen molar-refractivity contribution in [3.8, 4) is 0 Å². The molecule has 1 aliphatic heterocycles. The summed E-state index contributed by atoms with van der Waals surface area (Å²) in [7, 11) is 0. The Labute approximate surface area is 164 Å². The molecule has 1 saturated heterocycles. The smallest absolute Gasteiger partial charge is 0.223 e. The fraction of sp³-hybridized carbons (Fsp3) is 0.500. The fourth-order valence-electron chi connectivity index (χ4n) is 3.28. The maximum Gasteiger partial charge on any atom is 0.223 e. The van der Waals surface area contributed by atoms with Gasteiger partial charge in [-0.15, -0.1) is 11.8 Å². The van der Waals surface area contributed by atoms with Gasteiger partial charge in [0.15, 0.2) is 0 Å². The summed E-state index contributed by atoms with van der Waals surface area (Å²) < 4.78 is 0.